The van der Waals surface area contributed by atoms with E-state index in [1.54, 1.807) is 12.1 Å². The Labute approximate surface area is 122 Å². The van der Waals surface area contributed by atoms with Crippen LogP contribution in [0.2, 0.25) is 0 Å². The van der Waals surface area contributed by atoms with Crippen molar-refractivity contribution >= 4 is 0 Å². The van der Waals surface area contributed by atoms with Crippen molar-refractivity contribution in [3.05, 3.63) is 35.6 Å². The quantitative estimate of drug-likeness (QED) is 0.852. The normalized spacial score (nSPS) is 21.9. The lowest BCUT2D eigenvalue weighted by Gasteiger charge is -2.36. The average Bonchev–Trinajstić information content (AvgIpc) is 2.48. The molecule has 1 aliphatic heterocycles. The summed E-state index contributed by atoms with van der Waals surface area (Å²) in [5, 5.41) is 3.32. The summed E-state index contributed by atoms with van der Waals surface area (Å²) in [6, 6.07) is 7.95. The lowest BCUT2D eigenvalue weighted by Crippen LogP contribution is -2.40. The van der Waals surface area contributed by atoms with Crippen LogP contribution in [0, 0.1) is 5.82 Å². The van der Waals surface area contributed by atoms with E-state index in [4.69, 9.17) is 0 Å². The van der Waals surface area contributed by atoms with Gasteiger partial charge in [-0.2, -0.15) is 0 Å². The number of likely N-dealkylation sites (tertiary alicyclic amines) is 1. The molecule has 1 N–H and O–H groups in total. The standard InChI is InChI=1S/C17H27FN2/c1-3-16-9-4-5-11-20(16)12-10-17(19-2)14-7-6-8-15(18)13-14/h6-8,13,16-17,19H,3-5,9-12H2,1-2H3. The minimum atomic E-state index is -0.146. The predicted molar refractivity (Wildman–Crippen MR) is 82.3 cm³/mol. The summed E-state index contributed by atoms with van der Waals surface area (Å²) in [6.45, 7) is 4.60. The van der Waals surface area contributed by atoms with Crippen molar-refractivity contribution in [1.29, 1.82) is 0 Å². The summed E-state index contributed by atoms with van der Waals surface area (Å²) in [5.41, 5.74) is 1.05. The van der Waals surface area contributed by atoms with Gasteiger partial charge in [-0.05, 0) is 57.0 Å². The molecule has 0 aromatic heterocycles. The van der Waals surface area contributed by atoms with Crippen LogP contribution in [-0.2, 0) is 0 Å². The molecule has 0 aliphatic carbocycles. The van der Waals surface area contributed by atoms with Gasteiger partial charge in [0.05, 0.1) is 0 Å². The van der Waals surface area contributed by atoms with Crippen molar-refractivity contribution in [3.63, 3.8) is 0 Å². The van der Waals surface area contributed by atoms with Gasteiger partial charge in [0.25, 0.3) is 0 Å². The van der Waals surface area contributed by atoms with E-state index in [2.05, 4.69) is 17.1 Å². The Bertz CT molecular complexity index is 408. The van der Waals surface area contributed by atoms with Crippen molar-refractivity contribution < 1.29 is 4.39 Å². The number of halogens is 1. The lowest BCUT2D eigenvalue weighted by atomic mass is 9.98. The average molecular weight is 278 g/mol. The van der Waals surface area contributed by atoms with Gasteiger partial charge in [-0.3, -0.25) is 0 Å². The molecule has 0 amide bonds. The van der Waals surface area contributed by atoms with Crippen LogP contribution in [0.1, 0.15) is 50.6 Å². The summed E-state index contributed by atoms with van der Waals surface area (Å²) < 4.78 is 13.3. The summed E-state index contributed by atoms with van der Waals surface area (Å²) in [7, 11) is 1.96. The van der Waals surface area contributed by atoms with Gasteiger partial charge < -0.3 is 10.2 Å². The molecule has 1 aromatic rings. The van der Waals surface area contributed by atoms with Gasteiger partial charge in [0.1, 0.15) is 5.82 Å². The van der Waals surface area contributed by atoms with E-state index in [0.29, 0.717) is 0 Å². The van der Waals surface area contributed by atoms with E-state index < -0.39 is 0 Å². The molecule has 2 nitrogen and oxygen atoms in total. The minimum Gasteiger partial charge on any atom is -0.313 e. The molecule has 1 aliphatic rings. The monoisotopic (exact) mass is 278 g/mol. The van der Waals surface area contributed by atoms with Crippen molar-refractivity contribution in [2.75, 3.05) is 20.1 Å². The predicted octanol–water partition coefficient (Wildman–Crippen LogP) is 3.74. The molecule has 0 radical (unpaired) electrons. The highest BCUT2D eigenvalue weighted by molar-refractivity contribution is 5.20. The summed E-state index contributed by atoms with van der Waals surface area (Å²) in [4.78, 5) is 2.62. The first-order chi connectivity index (χ1) is 9.74. The topological polar surface area (TPSA) is 15.3 Å². The maximum Gasteiger partial charge on any atom is 0.123 e. The molecule has 0 bridgehead atoms. The molecule has 0 saturated carbocycles. The highest BCUT2D eigenvalue weighted by Crippen LogP contribution is 2.23. The second-order valence-electron chi connectivity index (χ2n) is 5.78. The van der Waals surface area contributed by atoms with E-state index in [-0.39, 0.29) is 11.9 Å². The SMILES string of the molecule is CCC1CCCCN1CCC(NC)c1cccc(F)c1. The van der Waals surface area contributed by atoms with E-state index in [9.17, 15) is 4.39 Å². The maximum absolute atomic E-state index is 13.3. The van der Waals surface area contributed by atoms with Crippen molar-refractivity contribution in [2.24, 2.45) is 0 Å². The number of nitrogens with zero attached hydrogens (tertiary/aromatic N) is 1. The van der Waals surface area contributed by atoms with E-state index >= 15 is 0 Å². The molecule has 112 valence electrons. The molecule has 1 aromatic carbocycles. The number of hydrogen-bond donors (Lipinski definition) is 1. The van der Waals surface area contributed by atoms with Crippen molar-refractivity contribution in [1.82, 2.24) is 10.2 Å². The smallest absolute Gasteiger partial charge is 0.123 e. The third-order valence-corrected chi connectivity index (χ3v) is 4.52. The largest absolute Gasteiger partial charge is 0.313 e. The van der Waals surface area contributed by atoms with Crippen LogP contribution in [0.4, 0.5) is 4.39 Å². The van der Waals surface area contributed by atoms with Crippen molar-refractivity contribution in [3.8, 4) is 0 Å². The fourth-order valence-corrected chi connectivity index (χ4v) is 3.31. The molecular weight excluding hydrogens is 251 g/mol. The molecule has 2 atom stereocenters. The molecule has 0 spiro atoms. The van der Waals surface area contributed by atoms with E-state index in [1.807, 2.05) is 13.1 Å². The van der Waals surface area contributed by atoms with Crippen LogP contribution in [0.25, 0.3) is 0 Å². The number of nitrogens with one attached hydrogen (secondary N) is 1. The zero-order chi connectivity index (χ0) is 14.4. The molecule has 3 heteroatoms. The van der Waals surface area contributed by atoms with Gasteiger partial charge in [0.2, 0.25) is 0 Å². The number of piperidine rings is 1. The Morgan fingerprint density at radius 2 is 2.25 bits per heavy atom. The van der Waals surface area contributed by atoms with E-state index in [0.717, 1.165) is 24.6 Å². The Balaban J connectivity index is 1.93. The van der Waals surface area contributed by atoms with Gasteiger partial charge in [0.15, 0.2) is 0 Å². The molecule has 2 unspecified atom stereocenters. The third kappa shape index (κ3) is 4.03. The number of hydrogen-bond acceptors (Lipinski definition) is 2. The molecule has 1 fully saturated rings. The zero-order valence-electron chi connectivity index (χ0n) is 12.7. The van der Waals surface area contributed by atoms with Crippen LogP contribution < -0.4 is 5.32 Å². The van der Waals surface area contributed by atoms with Gasteiger partial charge in [0, 0.05) is 18.6 Å². The maximum atomic E-state index is 13.3. The van der Waals surface area contributed by atoms with E-state index in [1.165, 1.54) is 38.3 Å². The molecule has 20 heavy (non-hydrogen) atoms. The summed E-state index contributed by atoms with van der Waals surface area (Å²) in [6.07, 6.45) is 6.30. The highest BCUT2D eigenvalue weighted by atomic mass is 19.1. The second-order valence-corrected chi connectivity index (χ2v) is 5.78. The van der Waals surface area contributed by atoms with Crippen LogP contribution in [0.5, 0.6) is 0 Å². The zero-order valence-corrected chi connectivity index (χ0v) is 12.7. The van der Waals surface area contributed by atoms with Gasteiger partial charge in [-0.1, -0.05) is 25.5 Å². The molecule has 1 saturated heterocycles. The van der Waals surface area contributed by atoms with Crippen molar-refractivity contribution in [2.45, 2.75) is 51.1 Å². The fraction of sp³-hybridized carbons (Fsp3) is 0.647. The first-order valence-electron chi connectivity index (χ1n) is 7.91. The summed E-state index contributed by atoms with van der Waals surface area (Å²) in [5.74, 6) is -0.146. The lowest BCUT2D eigenvalue weighted by molar-refractivity contribution is 0.138. The first-order valence-corrected chi connectivity index (χ1v) is 7.91. The highest BCUT2D eigenvalue weighted by Gasteiger charge is 2.21. The molecule has 2 rings (SSSR count). The van der Waals surface area contributed by atoms with Gasteiger partial charge in [-0.15, -0.1) is 0 Å². The Kier molecular flexibility index (Phi) is 5.99. The molecular formula is C17H27FN2. The Morgan fingerprint density at radius 3 is 2.95 bits per heavy atom. The first kappa shape index (κ1) is 15.5. The minimum absolute atomic E-state index is 0.146. The summed E-state index contributed by atoms with van der Waals surface area (Å²) >= 11 is 0. The number of benzene rings is 1. The molecule has 1 heterocycles. The Morgan fingerprint density at radius 1 is 1.40 bits per heavy atom. The van der Waals surface area contributed by atoms with Crippen LogP contribution in [-0.4, -0.2) is 31.1 Å². The van der Waals surface area contributed by atoms with Crippen LogP contribution in [0.15, 0.2) is 24.3 Å². The fourth-order valence-electron chi connectivity index (χ4n) is 3.31. The third-order valence-electron chi connectivity index (χ3n) is 4.52. The van der Waals surface area contributed by atoms with Crippen LogP contribution >= 0.6 is 0 Å². The number of rotatable bonds is 6. The Hall–Kier alpha value is -0.930. The van der Waals surface area contributed by atoms with Gasteiger partial charge >= 0.3 is 0 Å². The second kappa shape index (κ2) is 7.75. The van der Waals surface area contributed by atoms with Gasteiger partial charge in [-0.25, -0.2) is 4.39 Å². The van der Waals surface area contributed by atoms with Crippen LogP contribution in [0.3, 0.4) is 0 Å².